The Hall–Kier alpha value is -16.5. The molecule has 6 N–H and O–H groups in total. The van der Waals surface area contributed by atoms with E-state index >= 15 is 35.1 Å². The summed E-state index contributed by atoms with van der Waals surface area (Å²) < 4.78 is 164. The van der Waals surface area contributed by atoms with E-state index in [1.807, 2.05) is 83.1 Å². The van der Waals surface area contributed by atoms with Gasteiger partial charge in [0.2, 0.25) is 11.8 Å². The summed E-state index contributed by atoms with van der Waals surface area (Å²) >= 11 is 11.5. The average molecular weight is 2070 g/mol. The summed E-state index contributed by atoms with van der Waals surface area (Å²) in [6, 6.07) is 15.5. The third kappa shape index (κ3) is 17.7. The van der Waals surface area contributed by atoms with Crippen LogP contribution >= 0.6 is 23.2 Å². The Morgan fingerprint density at radius 3 is 0.946 bits per heavy atom. The average Bonchev–Trinajstić information content (AvgIpc) is 1.33. The molecule has 148 heavy (non-hydrogen) atoms. The van der Waals surface area contributed by atoms with Crippen molar-refractivity contribution in [1.29, 1.82) is 0 Å². The number of imidazole rings is 4. The second-order valence-corrected chi connectivity index (χ2v) is 38.1. The lowest BCUT2D eigenvalue weighted by Crippen LogP contribution is -2.58. The molecule has 46 heteroatoms. The fourth-order valence-electron chi connectivity index (χ4n) is 19.4. The molecule has 0 saturated carbocycles. The number of piperazine rings is 2. The number of benzene rings is 6. The number of nitrogens with two attached hydrogens (primary N) is 2. The van der Waals surface area contributed by atoms with Crippen LogP contribution in [-0.4, -0.2) is 168 Å². The first-order valence-corrected chi connectivity index (χ1v) is 47.2. The van der Waals surface area contributed by atoms with Crippen LogP contribution in [0, 0.1) is 58.2 Å². The number of nitrogens with one attached hydrogen (secondary N) is 2. The predicted molar refractivity (Wildman–Crippen MR) is 545 cm³/mol. The SMILES string of the molecule is C=CC(=O)N1C[C@H](C)N(c2nc(=O)n(-c3c(F)cc4c(ncn4C)c3C(C)C)c3nc(-c4c(N)cccc4F)c(F)cc23)C[C@H]1C.C=CC(=O)N1C[C@H](C)N(c2nc(=O)n(-c3c(F)cc4c(ncn4C)c3C(C)C)c3nc(-c4c(N)cccc4F)c(F)cc23)C[C@H]1C.CC(C)c1c(-n2c(=O)[nH]c(=O)c3cc(F)c(Cl)nc32)c(F)cc2c1ncn2C.CC(C)c1c(-n2c(=O)[nH]c(=O)c3cc(F)c(Cl)nc32)c(F)cc2c1ncn2C. The van der Waals surface area contributed by atoms with Crippen molar-refractivity contribution in [3.63, 3.8) is 0 Å². The van der Waals surface area contributed by atoms with Gasteiger partial charge in [-0.05, 0) is 112 Å². The summed E-state index contributed by atoms with van der Waals surface area (Å²) in [5.41, 5.74) is 9.87. The molecule has 12 aromatic heterocycles. The number of amides is 2. The molecule has 34 nitrogen and oxygen atoms in total. The molecule has 20 rings (SSSR count). The van der Waals surface area contributed by atoms with E-state index < -0.39 is 114 Å². The van der Waals surface area contributed by atoms with Gasteiger partial charge < -0.3 is 49.3 Å². The molecule has 4 atom stereocenters. The Balaban J connectivity index is 0.000000138. The monoisotopic (exact) mass is 2070 g/mol. The van der Waals surface area contributed by atoms with Crippen molar-refractivity contribution in [3.8, 4) is 45.3 Å². The van der Waals surface area contributed by atoms with Gasteiger partial charge in [0.15, 0.2) is 56.2 Å². The second-order valence-electron chi connectivity index (χ2n) is 37.4. The number of carbonyl (C=O) groups excluding carboxylic acids is 2. The smallest absolute Gasteiger partial charge is 0.355 e. The van der Waals surface area contributed by atoms with Gasteiger partial charge in [-0.1, -0.05) is 104 Å². The number of nitrogens with zero attached hydrogens (tertiary/aromatic N) is 22. The Labute approximate surface area is 842 Å². The Bertz CT molecular complexity index is 8500. The topological polar surface area (TPSA) is 401 Å². The zero-order valence-corrected chi connectivity index (χ0v) is 83.7. The third-order valence-corrected chi connectivity index (χ3v) is 26.8. The number of hydrogen-bond acceptors (Lipinski definition) is 22. The fourth-order valence-corrected chi connectivity index (χ4v) is 19.7. The highest BCUT2D eigenvalue weighted by Crippen LogP contribution is 2.44. The van der Waals surface area contributed by atoms with E-state index in [2.05, 4.69) is 73.0 Å². The number of aryl methyl sites for hydroxylation is 4. The number of aromatic nitrogens is 20. The van der Waals surface area contributed by atoms with E-state index in [1.54, 1.807) is 78.7 Å². The van der Waals surface area contributed by atoms with E-state index in [9.17, 15) is 47.1 Å². The third-order valence-electron chi connectivity index (χ3n) is 26.3. The number of rotatable bonds is 14. The molecule has 764 valence electrons. The van der Waals surface area contributed by atoms with Gasteiger partial charge in [0, 0.05) is 136 Å². The molecule has 2 amide bonds. The van der Waals surface area contributed by atoms with Crippen LogP contribution in [0.25, 0.3) is 134 Å². The molecule has 0 spiro atoms. The van der Waals surface area contributed by atoms with Crippen LogP contribution in [0.4, 0.5) is 66.9 Å². The molecule has 6 aromatic carbocycles. The molecule has 18 aromatic rings. The lowest BCUT2D eigenvalue weighted by molar-refractivity contribution is -0.129. The van der Waals surface area contributed by atoms with Crippen LogP contribution in [0.1, 0.15) is 129 Å². The minimum atomic E-state index is -0.922. The van der Waals surface area contributed by atoms with E-state index in [4.69, 9.17) is 34.7 Å². The van der Waals surface area contributed by atoms with E-state index in [-0.39, 0.29) is 187 Å². The highest BCUT2D eigenvalue weighted by atomic mass is 35.5. The minimum absolute atomic E-state index is 0.0664. The van der Waals surface area contributed by atoms with E-state index in [1.165, 1.54) is 73.3 Å². The molecule has 2 saturated heterocycles. The molecule has 0 bridgehead atoms. The lowest BCUT2D eigenvalue weighted by Gasteiger charge is -2.44. The molecule has 2 aliphatic rings. The van der Waals surface area contributed by atoms with Crippen molar-refractivity contribution in [2.45, 2.75) is 131 Å². The summed E-state index contributed by atoms with van der Waals surface area (Å²) in [5, 5.41) is -1.33. The zero-order valence-electron chi connectivity index (χ0n) is 82.2. The summed E-state index contributed by atoms with van der Waals surface area (Å²) in [6.07, 6.45) is 8.66. The number of pyridine rings is 4. The second kappa shape index (κ2) is 39.4. The highest BCUT2D eigenvalue weighted by molar-refractivity contribution is 6.30. The molecule has 0 aliphatic carbocycles. The van der Waals surface area contributed by atoms with Crippen molar-refractivity contribution in [2.75, 3.05) is 47.4 Å². The summed E-state index contributed by atoms with van der Waals surface area (Å²) in [7, 11) is 6.92. The Kier molecular flexibility index (Phi) is 27.4. The Morgan fingerprint density at radius 2 is 0.662 bits per heavy atom. The zero-order chi connectivity index (χ0) is 107. The number of hydrogen-bond donors (Lipinski definition) is 4. The van der Waals surface area contributed by atoms with Crippen LogP contribution in [0.2, 0.25) is 10.3 Å². The van der Waals surface area contributed by atoms with Crippen LogP contribution in [0.5, 0.6) is 0 Å². The minimum Gasteiger partial charge on any atom is -0.398 e. The first kappa shape index (κ1) is 103. The maximum atomic E-state index is 16.3. The largest absolute Gasteiger partial charge is 0.398 e. The van der Waals surface area contributed by atoms with Crippen LogP contribution < -0.4 is 55.1 Å². The predicted octanol–water partition coefficient (Wildman–Crippen LogP) is 16.2. The summed E-state index contributed by atoms with van der Waals surface area (Å²) in [4.78, 5) is 157. The van der Waals surface area contributed by atoms with Gasteiger partial charge in [-0.2, -0.15) is 9.97 Å². The molecule has 0 radical (unpaired) electrons. The fraction of sp³-hybridized carbons (Fsp3) is 0.275. The summed E-state index contributed by atoms with van der Waals surface area (Å²) in [6.45, 7) is 30.3. The normalized spacial score (nSPS) is 15.0. The van der Waals surface area contributed by atoms with Gasteiger partial charge in [-0.15, -0.1) is 0 Å². The van der Waals surface area contributed by atoms with Gasteiger partial charge >= 0.3 is 22.8 Å². The summed E-state index contributed by atoms with van der Waals surface area (Å²) in [5.74, 6) is -9.58. The van der Waals surface area contributed by atoms with Crippen LogP contribution in [-0.2, 0) is 37.8 Å². The first-order chi connectivity index (χ1) is 70.1. The maximum absolute atomic E-state index is 16.3. The van der Waals surface area contributed by atoms with Gasteiger partial charge in [-0.25, -0.2) is 121 Å². The number of nitrogen functional groups attached to an aromatic ring is 2. The lowest BCUT2D eigenvalue weighted by atomic mass is 9.98. The molecule has 0 unspecified atom stereocenters. The number of H-pyrrole nitrogens is 2. The molecule has 14 heterocycles. The molecular formula is C102H94Cl2F10N26O8. The molecule has 2 fully saturated rings. The van der Waals surface area contributed by atoms with Gasteiger partial charge in [-0.3, -0.25) is 29.1 Å². The number of halogens is 12. The quantitative estimate of drug-likeness (QED) is 0.0340. The van der Waals surface area contributed by atoms with Crippen molar-refractivity contribution in [3.05, 3.63) is 289 Å². The van der Waals surface area contributed by atoms with E-state index in [0.717, 1.165) is 54.7 Å². The van der Waals surface area contributed by atoms with Gasteiger partial charge in [0.1, 0.15) is 57.9 Å². The number of carbonyl (C=O) groups is 2. The highest BCUT2D eigenvalue weighted by Gasteiger charge is 2.40. The maximum Gasteiger partial charge on any atom is 0.355 e. The van der Waals surface area contributed by atoms with Gasteiger partial charge in [0.05, 0.1) is 125 Å². The first-order valence-electron chi connectivity index (χ1n) is 46.4. The Morgan fingerprint density at radius 1 is 0.378 bits per heavy atom. The van der Waals surface area contributed by atoms with Crippen molar-refractivity contribution in [1.82, 2.24) is 106 Å². The van der Waals surface area contributed by atoms with Crippen molar-refractivity contribution < 1.29 is 53.5 Å². The van der Waals surface area contributed by atoms with Gasteiger partial charge in [0.25, 0.3) is 11.1 Å². The molecular weight excluding hydrogens is 1980 g/mol. The van der Waals surface area contributed by atoms with E-state index in [0.29, 0.717) is 66.4 Å². The van der Waals surface area contributed by atoms with Crippen LogP contribution in [0.15, 0.2) is 164 Å². The number of fused-ring (bicyclic) bond motifs is 8. The van der Waals surface area contributed by atoms with Crippen molar-refractivity contribution in [2.24, 2.45) is 28.2 Å². The van der Waals surface area contributed by atoms with Crippen LogP contribution in [0.3, 0.4) is 0 Å². The molecule has 2 aliphatic heterocycles. The number of aromatic amines is 2. The van der Waals surface area contributed by atoms with Crippen molar-refractivity contribution >= 4 is 146 Å². The number of anilines is 4. The standard InChI is InChI=1S/2C33H33F3N8O2.2C18H14ClF2N5O2/c2*1-7-25(45)42-13-18(5)43(14-17(42)4)31-19-11-21(35)28(27-20(34)9-8-10-23(27)37)39-32(19)44(33(46)40-31)30-22(36)12-24-29(26(30)16(2)3)38-15-41(24)6;2*1-7(2)12-13-11(25(3)6-22-13)5-9(20)14(12)26-16-8(17(27)24-18(26)28)4-10(21)15(19)23-16/h2*7-12,15-18H,1,13-14,37H2,2-6H3;2*4-7H,1-3H3,(H,24,27,28)/t2*17-,18+;;/m11../s1.